The number of nitrogens with one attached hydrogen (secondary N) is 1. The predicted octanol–water partition coefficient (Wildman–Crippen LogP) is 5.08. The summed E-state index contributed by atoms with van der Waals surface area (Å²) >= 11 is 0. The van der Waals surface area contributed by atoms with Crippen molar-refractivity contribution in [3.63, 3.8) is 0 Å². The zero-order chi connectivity index (χ0) is 16.2. The quantitative estimate of drug-likeness (QED) is 0.562. The zero-order valence-corrected chi connectivity index (χ0v) is 13.7. The predicted molar refractivity (Wildman–Crippen MR) is 93.6 cm³/mol. The maximum atomic E-state index is 5.11. The van der Waals surface area contributed by atoms with Crippen LogP contribution in [-0.2, 0) is 6.42 Å². The first-order chi connectivity index (χ1) is 11.2. The minimum atomic E-state index is 0.553. The largest absolute Gasteiger partial charge is 0.446 e. The zero-order valence-electron chi connectivity index (χ0n) is 13.7. The molecule has 0 radical (unpaired) electrons. The lowest BCUT2D eigenvalue weighted by Crippen LogP contribution is -1.88. The highest BCUT2D eigenvalue weighted by atomic mass is 16.3. The molecule has 0 atom stereocenters. The number of hydrogen-bond donors (Lipinski definition) is 1. The Labute approximate surface area is 135 Å². The maximum Gasteiger partial charge on any atom is 0.225 e. The molecule has 0 spiro atoms. The Balaban J connectivity index is 0.000000136. The minimum Gasteiger partial charge on any atom is -0.446 e. The number of rotatable bonds is 2. The van der Waals surface area contributed by atoms with Crippen LogP contribution < -0.4 is 0 Å². The lowest BCUT2D eigenvalue weighted by atomic mass is 10.1. The number of fused-ring (bicyclic) bond motifs is 2. The SMILES string of the molecule is CC(C)c1cnc2[nH]ccc2c1.CCc1cnc2occc2c1. The molecule has 0 bridgehead atoms. The number of pyridine rings is 2. The summed E-state index contributed by atoms with van der Waals surface area (Å²) in [6.45, 7) is 6.47. The third-order valence-electron chi connectivity index (χ3n) is 3.86. The fraction of sp³-hybridized carbons (Fsp3) is 0.263. The van der Waals surface area contributed by atoms with Crippen LogP contribution in [-0.4, -0.2) is 15.0 Å². The first kappa shape index (κ1) is 15.3. The van der Waals surface area contributed by atoms with Gasteiger partial charge in [0, 0.05) is 29.4 Å². The van der Waals surface area contributed by atoms with Crippen molar-refractivity contribution < 1.29 is 4.42 Å². The Kier molecular flexibility index (Phi) is 4.42. The van der Waals surface area contributed by atoms with Crippen molar-refractivity contribution in [2.24, 2.45) is 0 Å². The van der Waals surface area contributed by atoms with Gasteiger partial charge in [0.05, 0.1) is 6.26 Å². The van der Waals surface area contributed by atoms with Crippen LogP contribution in [0.15, 0.2) is 53.5 Å². The van der Waals surface area contributed by atoms with E-state index in [1.165, 1.54) is 16.5 Å². The number of aromatic amines is 1. The summed E-state index contributed by atoms with van der Waals surface area (Å²) in [6, 6.07) is 8.27. The first-order valence-corrected chi connectivity index (χ1v) is 7.92. The van der Waals surface area contributed by atoms with E-state index in [9.17, 15) is 0 Å². The van der Waals surface area contributed by atoms with Gasteiger partial charge in [-0.2, -0.15) is 0 Å². The molecule has 118 valence electrons. The fourth-order valence-corrected chi connectivity index (χ4v) is 2.37. The lowest BCUT2D eigenvalue weighted by molar-refractivity contribution is 0.603. The molecule has 0 aliphatic carbocycles. The average Bonchev–Trinajstić information content (AvgIpc) is 3.22. The molecule has 0 aromatic carbocycles. The first-order valence-electron chi connectivity index (χ1n) is 7.92. The lowest BCUT2D eigenvalue weighted by Gasteiger charge is -2.03. The molecule has 0 amide bonds. The van der Waals surface area contributed by atoms with E-state index in [0.29, 0.717) is 5.92 Å². The summed E-state index contributed by atoms with van der Waals surface area (Å²) in [5, 5.41) is 2.28. The van der Waals surface area contributed by atoms with Crippen molar-refractivity contribution in [3.8, 4) is 0 Å². The van der Waals surface area contributed by atoms with Crippen molar-refractivity contribution in [3.05, 3.63) is 60.2 Å². The molecule has 23 heavy (non-hydrogen) atoms. The maximum absolute atomic E-state index is 5.11. The van der Waals surface area contributed by atoms with E-state index >= 15 is 0 Å². The fourth-order valence-electron chi connectivity index (χ4n) is 2.37. The number of H-pyrrole nitrogens is 1. The van der Waals surface area contributed by atoms with Crippen LogP contribution >= 0.6 is 0 Å². The standard InChI is InChI=1S/C10H12N2.C9H9NO/c1-7(2)9-5-8-3-4-11-10(8)12-6-9;1-2-7-5-8-3-4-11-9(8)10-6-7/h3-7H,1-2H3,(H,11,12);3-6H,2H2,1H3. The number of furan rings is 1. The molecular formula is C19H21N3O. The van der Waals surface area contributed by atoms with Gasteiger partial charge in [-0.15, -0.1) is 0 Å². The molecule has 0 saturated heterocycles. The Hall–Kier alpha value is -2.62. The summed E-state index contributed by atoms with van der Waals surface area (Å²) in [5.74, 6) is 0.553. The molecule has 1 N–H and O–H groups in total. The van der Waals surface area contributed by atoms with Crippen LogP contribution in [0.3, 0.4) is 0 Å². The van der Waals surface area contributed by atoms with Crippen LogP contribution in [0.25, 0.3) is 22.1 Å². The second-order valence-corrected chi connectivity index (χ2v) is 5.85. The molecular weight excluding hydrogens is 286 g/mol. The van der Waals surface area contributed by atoms with E-state index in [-0.39, 0.29) is 0 Å². The van der Waals surface area contributed by atoms with Crippen molar-refractivity contribution in [1.82, 2.24) is 15.0 Å². The normalized spacial score (nSPS) is 11.0. The molecule has 0 unspecified atom stereocenters. The van der Waals surface area contributed by atoms with Crippen molar-refractivity contribution >= 4 is 22.1 Å². The van der Waals surface area contributed by atoms with E-state index in [4.69, 9.17) is 4.42 Å². The molecule has 4 heteroatoms. The van der Waals surface area contributed by atoms with E-state index in [1.54, 1.807) is 6.26 Å². The highest BCUT2D eigenvalue weighted by molar-refractivity contribution is 5.75. The smallest absolute Gasteiger partial charge is 0.225 e. The van der Waals surface area contributed by atoms with Crippen molar-refractivity contribution in [2.75, 3.05) is 0 Å². The summed E-state index contributed by atoms with van der Waals surface area (Å²) in [4.78, 5) is 11.5. The highest BCUT2D eigenvalue weighted by Crippen LogP contribution is 2.17. The summed E-state index contributed by atoms with van der Waals surface area (Å²) < 4.78 is 5.11. The van der Waals surface area contributed by atoms with Gasteiger partial charge in [-0.05, 0) is 47.7 Å². The number of hydrogen-bond acceptors (Lipinski definition) is 3. The molecule has 4 heterocycles. The van der Waals surface area contributed by atoms with Crippen LogP contribution in [0, 0.1) is 0 Å². The van der Waals surface area contributed by atoms with Crippen LogP contribution in [0.1, 0.15) is 37.8 Å². The Morgan fingerprint density at radius 2 is 1.96 bits per heavy atom. The van der Waals surface area contributed by atoms with Crippen LogP contribution in [0.2, 0.25) is 0 Å². The molecule has 0 fully saturated rings. The summed E-state index contributed by atoms with van der Waals surface area (Å²) in [6.07, 6.45) is 8.39. The monoisotopic (exact) mass is 307 g/mol. The number of nitrogens with zero attached hydrogens (tertiary/aromatic N) is 2. The summed E-state index contributed by atoms with van der Waals surface area (Å²) in [5.41, 5.74) is 4.24. The topological polar surface area (TPSA) is 54.7 Å². The van der Waals surface area contributed by atoms with Gasteiger partial charge in [-0.3, -0.25) is 0 Å². The molecule has 4 aromatic heterocycles. The van der Waals surface area contributed by atoms with Gasteiger partial charge < -0.3 is 9.40 Å². The van der Waals surface area contributed by atoms with Gasteiger partial charge in [0.15, 0.2) is 0 Å². The van der Waals surface area contributed by atoms with Gasteiger partial charge in [-0.1, -0.05) is 20.8 Å². The van der Waals surface area contributed by atoms with Gasteiger partial charge in [0.25, 0.3) is 0 Å². The van der Waals surface area contributed by atoms with E-state index in [2.05, 4.69) is 47.9 Å². The van der Waals surface area contributed by atoms with Crippen molar-refractivity contribution in [2.45, 2.75) is 33.1 Å². The molecule has 0 saturated carbocycles. The highest BCUT2D eigenvalue weighted by Gasteiger charge is 2.01. The molecule has 4 rings (SSSR count). The Morgan fingerprint density at radius 3 is 2.74 bits per heavy atom. The minimum absolute atomic E-state index is 0.553. The molecule has 4 nitrogen and oxygen atoms in total. The van der Waals surface area contributed by atoms with Crippen LogP contribution in [0.4, 0.5) is 0 Å². The third-order valence-corrected chi connectivity index (χ3v) is 3.86. The second kappa shape index (κ2) is 6.65. The third kappa shape index (κ3) is 3.42. The van der Waals surface area contributed by atoms with Crippen LogP contribution in [0.5, 0.6) is 0 Å². The van der Waals surface area contributed by atoms with E-state index in [0.717, 1.165) is 23.2 Å². The summed E-state index contributed by atoms with van der Waals surface area (Å²) in [7, 11) is 0. The van der Waals surface area contributed by atoms with Gasteiger partial charge in [0.2, 0.25) is 5.71 Å². The Morgan fingerprint density at radius 1 is 1.09 bits per heavy atom. The molecule has 4 aromatic rings. The Bertz CT molecular complexity index is 905. The van der Waals surface area contributed by atoms with Gasteiger partial charge in [0.1, 0.15) is 5.65 Å². The number of aromatic nitrogens is 3. The average molecular weight is 307 g/mol. The molecule has 0 aliphatic rings. The molecule has 0 aliphatic heterocycles. The number of aryl methyl sites for hydroxylation is 1. The van der Waals surface area contributed by atoms with Gasteiger partial charge >= 0.3 is 0 Å². The second-order valence-electron chi connectivity index (χ2n) is 5.85. The van der Waals surface area contributed by atoms with E-state index in [1.807, 2.05) is 30.7 Å². The van der Waals surface area contributed by atoms with Crippen molar-refractivity contribution in [1.29, 1.82) is 0 Å². The van der Waals surface area contributed by atoms with Gasteiger partial charge in [-0.25, -0.2) is 9.97 Å². The van der Waals surface area contributed by atoms with E-state index < -0.39 is 0 Å².